The summed E-state index contributed by atoms with van der Waals surface area (Å²) in [5.41, 5.74) is -0.407. The van der Waals surface area contributed by atoms with Crippen molar-refractivity contribution in [2.45, 2.75) is 26.3 Å². The van der Waals surface area contributed by atoms with E-state index >= 15 is 0 Å². The summed E-state index contributed by atoms with van der Waals surface area (Å²) in [6.07, 6.45) is 1.59. The smallest absolute Gasteiger partial charge is 0.322 e. The zero-order valence-electron chi connectivity index (χ0n) is 11.5. The molecule has 3 amide bonds. The van der Waals surface area contributed by atoms with Gasteiger partial charge in [0.15, 0.2) is 0 Å². The molecule has 0 aromatic heterocycles. The summed E-state index contributed by atoms with van der Waals surface area (Å²) in [5, 5.41) is 13.0. The SMILES string of the molecule is C=CCN(C(=O)NCC(=O)NCC(=O)O)C(C)(C)C. The Morgan fingerprint density at radius 1 is 1.21 bits per heavy atom. The summed E-state index contributed by atoms with van der Waals surface area (Å²) >= 11 is 0. The van der Waals surface area contributed by atoms with Crippen LogP contribution in [0.5, 0.6) is 0 Å². The number of carboxylic acid groups (broad SMARTS) is 1. The second-order valence-corrected chi connectivity index (χ2v) is 4.90. The van der Waals surface area contributed by atoms with Crippen LogP contribution in [-0.4, -0.2) is 53.1 Å². The lowest BCUT2D eigenvalue weighted by Gasteiger charge is -2.34. The Hall–Kier alpha value is -2.05. The van der Waals surface area contributed by atoms with Gasteiger partial charge in [0, 0.05) is 12.1 Å². The topological polar surface area (TPSA) is 98.7 Å². The van der Waals surface area contributed by atoms with Crippen molar-refractivity contribution in [3.63, 3.8) is 0 Å². The molecule has 7 nitrogen and oxygen atoms in total. The van der Waals surface area contributed by atoms with E-state index in [4.69, 9.17) is 5.11 Å². The molecule has 7 heteroatoms. The molecule has 0 atom stereocenters. The Labute approximate surface area is 112 Å². The van der Waals surface area contributed by atoms with Crippen LogP contribution in [-0.2, 0) is 9.59 Å². The van der Waals surface area contributed by atoms with E-state index in [1.54, 1.807) is 6.08 Å². The number of carboxylic acids is 1. The maximum Gasteiger partial charge on any atom is 0.322 e. The number of amides is 3. The summed E-state index contributed by atoms with van der Waals surface area (Å²) in [4.78, 5) is 34.9. The Morgan fingerprint density at radius 2 is 1.79 bits per heavy atom. The van der Waals surface area contributed by atoms with Crippen molar-refractivity contribution in [2.75, 3.05) is 19.6 Å². The predicted octanol–water partition coefficient (Wildman–Crippen LogP) is 0.183. The molecule has 0 aliphatic heterocycles. The Kier molecular flexibility index (Phi) is 6.60. The van der Waals surface area contributed by atoms with E-state index in [0.717, 1.165) is 0 Å². The van der Waals surface area contributed by atoms with Crippen molar-refractivity contribution in [3.8, 4) is 0 Å². The van der Waals surface area contributed by atoms with Gasteiger partial charge in [-0.1, -0.05) is 6.08 Å². The van der Waals surface area contributed by atoms with Crippen LogP contribution in [0.3, 0.4) is 0 Å². The predicted molar refractivity (Wildman–Crippen MR) is 70.7 cm³/mol. The molecular weight excluding hydrogens is 250 g/mol. The fourth-order valence-electron chi connectivity index (χ4n) is 1.28. The van der Waals surface area contributed by atoms with Gasteiger partial charge in [0.2, 0.25) is 5.91 Å². The second kappa shape index (κ2) is 7.40. The first-order valence-corrected chi connectivity index (χ1v) is 5.83. The Balaban J connectivity index is 4.31. The van der Waals surface area contributed by atoms with Crippen molar-refractivity contribution >= 4 is 17.9 Å². The lowest BCUT2D eigenvalue weighted by atomic mass is 10.1. The minimum atomic E-state index is -1.14. The van der Waals surface area contributed by atoms with Gasteiger partial charge < -0.3 is 20.6 Å². The molecule has 0 fully saturated rings. The fourth-order valence-corrected chi connectivity index (χ4v) is 1.28. The third kappa shape index (κ3) is 7.07. The molecule has 0 spiro atoms. The van der Waals surface area contributed by atoms with E-state index in [1.807, 2.05) is 20.8 Å². The number of aliphatic carboxylic acids is 1. The molecule has 0 bridgehead atoms. The summed E-state index contributed by atoms with van der Waals surface area (Å²) in [5.74, 6) is -1.69. The van der Waals surface area contributed by atoms with Crippen molar-refractivity contribution in [3.05, 3.63) is 12.7 Å². The largest absolute Gasteiger partial charge is 0.480 e. The van der Waals surface area contributed by atoms with Gasteiger partial charge in [-0.25, -0.2) is 4.79 Å². The number of nitrogens with one attached hydrogen (secondary N) is 2. The second-order valence-electron chi connectivity index (χ2n) is 4.90. The highest BCUT2D eigenvalue weighted by Crippen LogP contribution is 2.12. The van der Waals surface area contributed by atoms with E-state index in [1.165, 1.54) is 4.90 Å². The van der Waals surface area contributed by atoms with Crippen LogP contribution in [0.2, 0.25) is 0 Å². The molecule has 0 aromatic carbocycles. The normalized spacial score (nSPS) is 10.5. The van der Waals surface area contributed by atoms with E-state index in [-0.39, 0.29) is 6.54 Å². The number of carbonyl (C=O) groups excluding carboxylic acids is 2. The number of urea groups is 1. The molecule has 0 aliphatic carbocycles. The highest BCUT2D eigenvalue weighted by molar-refractivity contribution is 5.86. The quantitative estimate of drug-likeness (QED) is 0.600. The highest BCUT2D eigenvalue weighted by Gasteiger charge is 2.25. The summed E-state index contributed by atoms with van der Waals surface area (Å²) in [7, 11) is 0. The molecule has 0 radical (unpaired) electrons. The standard InChI is InChI=1S/C12H21N3O4/c1-5-6-15(12(2,3)4)11(19)14-7-9(16)13-8-10(17)18/h5H,1,6-8H2,2-4H3,(H,13,16)(H,14,19)(H,17,18). The van der Waals surface area contributed by atoms with Gasteiger partial charge >= 0.3 is 12.0 Å². The molecule has 0 heterocycles. The third-order valence-electron chi connectivity index (χ3n) is 2.20. The molecular formula is C12H21N3O4. The van der Waals surface area contributed by atoms with Crippen molar-refractivity contribution < 1.29 is 19.5 Å². The van der Waals surface area contributed by atoms with Crippen LogP contribution in [0.4, 0.5) is 4.79 Å². The van der Waals surface area contributed by atoms with E-state index in [0.29, 0.717) is 6.54 Å². The Bertz CT molecular complexity index is 360. The summed E-state index contributed by atoms with van der Waals surface area (Å²) in [6, 6.07) is -0.405. The van der Waals surface area contributed by atoms with E-state index < -0.39 is 30.0 Å². The first kappa shape index (κ1) is 16.9. The van der Waals surface area contributed by atoms with Gasteiger partial charge in [0.25, 0.3) is 0 Å². The number of nitrogens with zero attached hydrogens (tertiary/aromatic N) is 1. The molecule has 0 aliphatic rings. The van der Waals surface area contributed by atoms with Gasteiger partial charge in [0.1, 0.15) is 6.54 Å². The summed E-state index contributed by atoms with van der Waals surface area (Å²) < 4.78 is 0. The van der Waals surface area contributed by atoms with E-state index in [2.05, 4.69) is 17.2 Å². The minimum Gasteiger partial charge on any atom is -0.480 e. The molecule has 0 aromatic rings. The molecule has 108 valence electrons. The van der Waals surface area contributed by atoms with Crippen LogP contribution in [0.1, 0.15) is 20.8 Å². The molecule has 0 saturated heterocycles. The monoisotopic (exact) mass is 271 g/mol. The molecule has 19 heavy (non-hydrogen) atoms. The molecule has 0 rings (SSSR count). The van der Waals surface area contributed by atoms with Crippen molar-refractivity contribution in [1.29, 1.82) is 0 Å². The Morgan fingerprint density at radius 3 is 2.21 bits per heavy atom. The molecule has 0 saturated carbocycles. The lowest BCUT2D eigenvalue weighted by Crippen LogP contribution is -2.52. The number of carbonyl (C=O) groups is 3. The van der Waals surface area contributed by atoms with Crippen LogP contribution in [0.25, 0.3) is 0 Å². The fraction of sp³-hybridized carbons (Fsp3) is 0.583. The molecule has 3 N–H and O–H groups in total. The van der Waals surface area contributed by atoms with Gasteiger partial charge in [-0.2, -0.15) is 0 Å². The van der Waals surface area contributed by atoms with Gasteiger partial charge in [0.05, 0.1) is 6.54 Å². The zero-order valence-corrected chi connectivity index (χ0v) is 11.5. The van der Waals surface area contributed by atoms with Crippen LogP contribution >= 0.6 is 0 Å². The van der Waals surface area contributed by atoms with Crippen LogP contribution in [0.15, 0.2) is 12.7 Å². The number of hydrogen-bond acceptors (Lipinski definition) is 3. The van der Waals surface area contributed by atoms with Crippen LogP contribution < -0.4 is 10.6 Å². The number of hydrogen-bond donors (Lipinski definition) is 3. The van der Waals surface area contributed by atoms with Gasteiger partial charge in [-0.3, -0.25) is 9.59 Å². The first-order valence-electron chi connectivity index (χ1n) is 5.83. The maximum absolute atomic E-state index is 11.9. The first-order chi connectivity index (χ1) is 8.68. The van der Waals surface area contributed by atoms with Crippen LogP contribution in [0, 0.1) is 0 Å². The maximum atomic E-state index is 11.9. The van der Waals surface area contributed by atoms with E-state index in [9.17, 15) is 14.4 Å². The highest BCUT2D eigenvalue weighted by atomic mass is 16.4. The van der Waals surface area contributed by atoms with Crippen molar-refractivity contribution in [1.82, 2.24) is 15.5 Å². The average molecular weight is 271 g/mol. The third-order valence-corrected chi connectivity index (χ3v) is 2.20. The van der Waals surface area contributed by atoms with Gasteiger partial charge in [-0.05, 0) is 20.8 Å². The van der Waals surface area contributed by atoms with Crippen molar-refractivity contribution in [2.24, 2.45) is 0 Å². The number of rotatable bonds is 6. The van der Waals surface area contributed by atoms with Gasteiger partial charge in [-0.15, -0.1) is 6.58 Å². The lowest BCUT2D eigenvalue weighted by molar-refractivity contribution is -0.137. The summed E-state index contributed by atoms with van der Waals surface area (Å²) in [6.45, 7) is 8.78. The minimum absolute atomic E-state index is 0.268. The molecule has 0 unspecified atom stereocenters. The zero-order chi connectivity index (χ0) is 15.1. The average Bonchev–Trinajstić information content (AvgIpc) is 2.28.